The molecule has 1 N–H and O–H groups in total. The minimum atomic E-state index is -0.322. The van der Waals surface area contributed by atoms with Crippen molar-refractivity contribution in [1.29, 1.82) is 0 Å². The van der Waals surface area contributed by atoms with E-state index in [9.17, 15) is 9.59 Å². The lowest BCUT2D eigenvalue weighted by atomic mass is 10.0. The van der Waals surface area contributed by atoms with Crippen molar-refractivity contribution in [2.75, 3.05) is 11.6 Å². The maximum Gasteiger partial charge on any atom is 0.243 e. The number of benzene rings is 1. The highest BCUT2D eigenvalue weighted by molar-refractivity contribution is 7.99. The lowest BCUT2D eigenvalue weighted by molar-refractivity contribution is -0.141. The van der Waals surface area contributed by atoms with E-state index in [2.05, 4.69) is 17.4 Å². The van der Waals surface area contributed by atoms with E-state index >= 15 is 0 Å². The van der Waals surface area contributed by atoms with Gasteiger partial charge in [0.2, 0.25) is 11.8 Å². The Morgan fingerprint density at radius 2 is 1.92 bits per heavy atom. The molecule has 1 aliphatic heterocycles. The molecule has 0 aromatic heterocycles. The van der Waals surface area contributed by atoms with Crippen LogP contribution in [0.25, 0.3) is 0 Å². The van der Waals surface area contributed by atoms with E-state index in [-0.39, 0.29) is 29.8 Å². The van der Waals surface area contributed by atoms with E-state index < -0.39 is 0 Å². The first-order valence-corrected chi connectivity index (χ1v) is 10.4. The molecule has 2 amide bonds. The molecule has 1 saturated heterocycles. The summed E-state index contributed by atoms with van der Waals surface area (Å²) in [5, 5.41) is 3.11. The molecule has 1 aliphatic rings. The quantitative estimate of drug-likeness (QED) is 0.770. The molecule has 1 fully saturated rings. The summed E-state index contributed by atoms with van der Waals surface area (Å²) in [5.74, 6) is 1.48. The molecule has 4 nitrogen and oxygen atoms in total. The van der Waals surface area contributed by atoms with Gasteiger partial charge in [-0.25, -0.2) is 0 Å². The number of nitrogens with zero attached hydrogens (tertiary/aromatic N) is 1. The third kappa shape index (κ3) is 5.50. The predicted octanol–water partition coefficient (Wildman–Crippen LogP) is 3.46. The van der Waals surface area contributed by atoms with Gasteiger partial charge in [0.25, 0.3) is 0 Å². The summed E-state index contributed by atoms with van der Waals surface area (Å²) in [5.41, 5.74) is 1.28. The average Bonchev–Trinajstić information content (AvgIpc) is 3.11. The fourth-order valence-corrected chi connectivity index (χ4v) is 4.35. The fraction of sp³-hybridized carbons (Fsp3) is 0.600. The first-order chi connectivity index (χ1) is 12.1. The molecule has 5 heteroatoms. The summed E-state index contributed by atoms with van der Waals surface area (Å²) < 4.78 is 0. The zero-order valence-corrected chi connectivity index (χ0v) is 16.3. The number of rotatable bonds is 8. The standard InChI is InChI=1S/C20H30N2O2S/c1-4-17(5-2)20(24)22-14-25-13-18(22)19(23)21-15(3)11-12-16-9-7-6-8-10-16/h6-10,15,17-18H,4-5,11-14H2,1-3H3,(H,21,23). The maximum atomic E-state index is 12.7. The van der Waals surface area contributed by atoms with E-state index in [0.29, 0.717) is 11.6 Å². The van der Waals surface area contributed by atoms with Crippen LogP contribution in [0.15, 0.2) is 30.3 Å². The second kappa shape index (κ2) is 9.85. The number of thioether (sulfide) groups is 1. The Morgan fingerprint density at radius 1 is 1.24 bits per heavy atom. The van der Waals surface area contributed by atoms with Crippen LogP contribution >= 0.6 is 11.8 Å². The normalized spacial score (nSPS) is 18.4. The second-order valence-corrected chi connectivity index (χ2v) is 7.77. The maximum absolute atomic E-state index is 12.7. The number of carbonyl (C=O) groups excluding carboxylic acids is 2. The van der Waals surface area contributed by atoms with Crippen LogP contribution in [-0.2, 0) is 16.0 Å². The Labute approximate surface area is 155 Å². The Hall–Kier alpha value is -1.49. The Kier molecular flexibility index (Phi) is 7.82. The zero-order valence-electron chi connectivity index (χ0n) is 15.5. The molecule has 2 rings (SSSR count). The summed E-state index contributed by atoms with van der Waals surface area (Å²) >= 11 is 1.67. The average molecular weight is 363 g/mol. The van der Waals surface area contributed by atoms with Crippen molar-refractivity contribution in [2.45, 2.75) is 58.5 Å². The van der Waals surface area contributed by atoms with Crippen molar-refractivity contribution in [1.82, 2.24) is 10.2 Å². The molecular formula is C20H30N2O2S. The molecule has 1 heterocycles. The molecule has 0 spiro atoms. The van der Waals surface area contributed by atoms with Crippen molar-refractivity contribution in [3.05, 3.63) is 35.9 Å². The minimum absolute atomic E-state index is 0.00938. The molecule has 1 aromatic rings. The van der Waals surface area contributed by atoms with Crippen LogP contribution in [0.5, 0.6) is 0 Å². The molecule has 0 bridgehead atoms. The highest BCUT2D eigenvalue weighted by Gasteiger charge is 2.36. The number of nitrogens with one attached hydrogen (secondary N) is 1. The third-order valence-corrected chi connectivity index (χ3v) is 5.91. The van der Waals surface area contributed by atoms with Gasteiger partial charge in [0.05, 0.1) is 5.88 Å². The molecule has 0 saturated carbocycles. The van der Waals surface area contributed by atoms with Crippen molar-refractivity contribution in [2.24, 2.45) is 5.92 Å². The highest BCUT2D eigenvalue weighted by atomic mass is 32.2. The Bertz CT molecular complexity index is 560. The van der Waals surface area contributed by atoms with Gasteiger partial charge >= 0.3 is 0 Å². The number of carbonyl (C=O) groups is 2. The van der Waals surface area contributed by atoms with Crippen molar-refractivity contribution in [3.63, 3.8) is 0 Å². The molecule has 0 aliphatic carbocycles. The van der Waals surface area contributed by atoms with Gasteiger partial charge in [-0.05, 0) is 38.2 Å². The third-order valence-electron chi connectivity index (χ3n) is 4.90. The first-order valence-electron chi connectivity index (χ1n) is 9.29. The fourth-order valence-electron chi connectivity index (χ4n) is 3.19. The predicted molar refractivity (Wildman–Crippen MR) is 104 cm³/mol. The summed E-state index contributed by atoms with van der Waals surface area (Å²) in [4.78, 5) is 27.1. The van der Waals surface area contributed by atoms with E-state index in [0.717, 1.165) is 25.7 Å². The summed E-state index contributed by atoms with van der Waals surface area (Å²) in [6.07, 6.45) is 3.50. The molecule has 25 heavy (non-hydrogen) atoms. The van der Waals surface area contributed by atoms with E-state index in [1.165, 1.54) is 5.56 Å². The van der Waals surface area contributed by atoms with Gasteiger partial charge in [0.15, 0.2) is 0 Å². The van der Waals surface area contributed by atoms with Gasteiger partial charge in [-0.15, -0.1) is 11.8 Å². The van der Waals surface area contributed by atoms with Gasteiger partial charge in [-0.1, -0.05) is 44.2 Å². The van der Waals surface area contributed by atoms with Crippen LogP contribution < -0.4 is 5.32 Å². The highest BCUT2D eigenvalue weighted by Crippen LogP contribution is 2.25. The topological polar surface area (TPSA) is 49.4 Å². The largest absolute Gasteiger partial charge is 0.352 e. The van der Waals surface area contributed by atoms with E-state index in [4.69, 9.17) is 0 Å². The summed E-state index contributed by atoms with van der Waals surface area (Å²) in [6.45, 7) is 6.11. The number of hydrogen-bond acceptors (Lipinski definition) is 3. The smallest absolute Gasteiger partial charge is 0.243 e. The molecule has 2 unspecified atom stereocenters. The monoisotopic (exact) mass is 362 g/mol. The van der Waals surface area contributed by atoms with Crippen molar-refractivity contribution < 1.29 is 9.59 Å². The lowest BCUT2D eigenvalue weighted by Gasteiger charge is -2.27. The van der Waals surface area contributed by atoms with Crippen LogP contribution in [0, 0.1) is 5.92 Å². The summed E-state index contributed by atoms with van der Waals surface area (Å²) in [6, 6.07) is 10.1. The minimum Gasteiger partial charge on any atom is -0.352 e. The van der Waals surface area contributed by atoms with Crippen LogP contribution in [0.1, 0.15) is 45.6 Å². The lowest BCUT2D eigenvalue weighted by Crippen LogP contribution is -2.50. The summed E-state index contributed by atoms with van der Waals surface area (Å²) in [7, 11) is 0. The number of amides is 2. The van der Waals surface area contributed by atoms with Crippen LogP contribution in [0.3, 0.4) is 0 Å². The van der Waals surface area contributed by atoms with Gasteiger partial charge in [-0.2, -0.15) is 0 Å². The number of hydrogen-bond donors (Lipinski definition) is 1. The SMILES string of the molecule is CCC(CC)C(=O)N1CSCC1C(=O)NC(C)CCc1ccccc1. The van der Waals surface area contributed by atoms with Crippen molar-refractivity contribution >= 4 is 23.6 Å². The molecule has 1 aromatic carbocycles. The van der Waals surface area contributed by atoms with Gasteiger partial charge < -0.3 is 10.2 Å². The van der Waals surface area contributed by atoms with Crippen LogP contribution in [0.4, 0.5) is 0 Å². The van der Waals surface area contributed by atoms with E-state index in [1.54, 1.807) is 16.7 Å². The Morgan fingerprint density at radius 3 is 2.56 bits per heavy atom. The molecular weight excluding hydrogens is 332 g/mol. The van der Waals surface area contributed by atoms with Crippen molar-refractivity contribution in [3.8, 4) is 0 Å². The van der Waals surface area contributed by atoms with E-state index in [1.807, 2.05) is 39.0 Å². The first kappa shape index (κ1) is 19.8. The second-order valence-electron chi connectivity index (χ2n) is 6.77. The molecule has 2 atom stereocenters. The van der Waals surface area contributed by atoms with Crippen LogP contribution in [0.2, 0.25) is 0 Å². The van der Waals surface area contributed by atoms with Gasteiger partial charge in [0, 0.05) is 17.7 Å². The zero-order chi connectivity index (χ0) is 18.2. The van der Waals surface area contributed by atoms with Gasteiger partial charge in [-0.3, -0.25) is 9.59 Å². The Balaban J connectivity index is 1.87. The molecule has 138 valence electrons. The number of aryl methyl sites for hydroxylation is 1. The van der Waals surface area contributed by atoms with Crippen LogP contribution in [-0.4, -0.2) is 40.4 Å². The van der Waals surface area contributed by atoms with Gasteiger partial charge in [0.1, 0.15) is 6.04 Å². The molecule has 0 radical (unpaired) electrons.